The van der Waals surface area contributed by atoms with E-state index in [0.29, 0.717) is 25.4 Å². The van der Waals surface area contributed by atoms with Crippen LogP contribution in [0.25, 0.3) is 0 Å². The third-order valence-corrected chi connectivity index (χ3v) is 4.77. The van der Waals surface area contributed by atoms with Crippen LogP contribution in [0, 0.1) is 5.82 Å². The van der Waals surface area contributed by atoms with Crippen molar-refractivity contribution in [3.8, 4) is 11.5 Å². The number of nitrogens with zero attached hydrogens (tertiary/aromatic N) is 1. The first-order valence-corrected chi connectivity index (χ1v) is 8.93. The second-order valence-corrected chi connectivity index (χ2v) is 6.55. The molecule has 0 bridgehead atoms. The lowest BCUT2D eigenvalue weighted by Crippen LogP contribution is -2.34. The average Bonchev–Trinajstić information content (AvgIpc) is 3.02. The minimum atomic E-state index is -0.325. The molecule has 2 amide bonds. The number of anilines is 1. The highest BCUT2D eigenvalue weighted by molar-refractivity contribution is 5.89. The Morgan fingerprint density at radius 1 is 1.04 bits per heavy atom. The van der Waals surface area contributed by atoms with E-state index < -0.39 is 0 Å². The first kappa shape index (κ1) is 16.7. The minimum Gasteiger partial charge on any atom is -0.490 e. The van der Waals surface area contributed by atoms with Crippen LogP contribution in [0.5, 0.6) is 11.5 Å². The van der Waals surface area contributed by atoms with Crippen molar-refractivity contribution in [1.29, 1.82) is 0 Å². The van der Waals surface area contributed by atoms with Crippen molar-refractivity contribution in [3.05, 3.63) is 53.8 Å². The average molecular weight is 356 g/mol. The number of carbonyl (C=O) groups is 1. The molecule has 136 valence electrons. The molecular weight excluding hydrogens is 335 g/mol. The number of likely N-dealkylation sites (tertiary alicyclic amines) is 1. The summed E-state index contributed by atoms with van der Waals surface area (Å²) in [5.41, 5.74) is 1.63. The van der Waals surface area contributed by atoms with Gasteiger partial charge in [0.2, 0.25) is 0 Å². The maximum absolute atomic E-state index is 13.0. The third-order valence-electron chi connectivity index (χ3n) is 4.77. The molecule has 1 N–H and O–H groups in total. The highest BCUT2D eigenvalue weighted by atomic mass is 19.1. The summed E-state index contributed by atoms with van der Waals surface area (Å²) in [6.07, 6.45) is 2.70. The molecule has 2 heterocycles. The third kappa shape index (κ3) is 3.45. The van der Waals surface area contributed by atoms with Gasteiger partial charge in [-0.2, -0.15) is 0 Å². The lowest BCUT2D eigenvalue weighted by molar-refractivity contribution is 0.207. The predicted octanol–water partition coefficient (Wildman–Crippen LogP) is 4.36. The molecule has 2 aliphatic rings. The van der Waals surface area contributed by atoms with Gasteiger partial charge in [-0.3, -0.25) is 0 Å². The summed E-state index contributed by atoms with van der Waals surface area (Å²) in [6, 6.07) is 11.5. The highest BCUT2D eigenvalue weighted by Gasteiger charge is 2.31. The molecule has 26 heavy (non-hydrogen) atoms. The zero-order valence-electron chi connectivity index (χ0n) is 14.4. The number of ether oxygens (including phenoxy) is 2. The largest absolute Gasteiger partial charge is 0.490 e. The zero-order valence-corrected chi connectivity index (χ0v) is 14.4. The summed E-state index contributed by atoms with van der Waals surface area (Å²) in [7, 11) is 0. The van der Waals surface area contributed by atoms with Gasteiger partial charge in [0, 0.05) is 18.7 Å². The van der Waals surface area contributed by atoms with Crippen molar-refractivity contribution in [3.63, 3.8) is 0 Å². The molecule has 0 unspecified atom stereocenters. The summed E-state index contributed by atoms with van der Waals surface area (Å²) in [4.78, 5) is 14.5. The van der Waals surface area contributed by atoms with Gasteiger partial charge in [0.15, 0.2) is 11.5 Å². The summed E-state index contributed by atoms with van der Waals surface area (Å²) >= 11 is 0. The topological polar surface area (TPSA) is 50.8 Å². The van der Waals surface area contributed by atoms with Gasteiger partial charge in [0.25, 0.3) is 0 Å². The Morgan fingerprint density at radius 2 is 1.81 bits per heavy atom. The Labute approximate surface area is 151 Å². The Morgan fingerprint density at radius 3 is 2.62 bits per heavy atom. The molecule has 2 aliphatic heterocycles. The maximum atomic E-state index is 13.0. The highest BCUT2D eigenvalue weighted by Crippen LogP contribution is 2.38. The van der Waals surface area contributed by atoms with Gasteiger partial charge in [-0.05, 0) is 54.8 Å². The molecule has 2 aromatic rings. The number of carbonyl (C=O) groups excluding carboxylic acids is 1. The minimum absolute atomic E-state index is 0.00685. The maximum Gasteiger partial charge on any atom is 0.322 e. The molecular formula is C20H21FN2O3. The fraction of sp³-hybridized carbons (Fsp3) is 0.350. The van der Waals surface area contributed by atoms with Crippen molar-refractivity contribution in [2.24, 2.45) is 0 Å². The van der Waals surface area contributed by atoms with E-state index in [4.69, 9.17) is 9.47 Å². The van der Waals surface area contributed by atoms with Crippen molar-refractivity contribution in [1.82, 2.24) is 4.90 Å². The van der Waals surface area contributed by atoms with Crippen LogP contribution >= 0.6 is 0 Å². The Bertz CT molecular complexity index is 794. The number of hydrogen-bond donors (Lipinski definition) is 1. The molecule has 0 spiro atoms. The summed E-state index contributed by atoms with van der Waals surface area (Å²) in [6.45, 7) is 1.98. The van der Waals surface area contributed by atoms with Crippen molar-refractivity contribution < 1.29 is 18.7 Å². The van der Waals surface area contributed by atoms with Gasteiger partial charge >= 0.3 is 6.03 Å². The van der Waals surface area contributed by atoms with Crippen molar-refractivity contribution in [2.75, 3.05) is 25.1 Å². The normalized spacial score (nSPS) is 19.1. The van der Waals surface area contributed by atoms with Crippen molar-refractivity contribution in [2.45, 2.75) is 25.3 Å². The van der Waals surface area contributed by atoms with Crippen LogP contribution in [0.2, 0.25) is 0 Å². The van der Waals surface area contributed by atoms with E-state index >= 15 is 0 Å². The molecule has 0 aromatic heterocycles. The van der Waals surface area contributed by atoms with Crippen LogP contribution in [0.15, 0.2) is 42.5 Å². The second-order valence-electron chi connectivity index (χ2n) is 6.55. The Hall–Kier alpha value is -2.76. The van der Waals surface area contributed by atoms with Crippen LogP contribution in [0.4, 0.5) is 14.9 Å². The summed E-state index contributed by atoms with van der Waals surface area (Å²) in [5.74, 6) is 1.17. The number of amides is 2. The van der Waals surface area contributed by atoms with E-state index in [9.17, 15) is 9.18 Å². The number of hydrogen-bond acceptors (Lipinski definition) is 3. The van der Waals surface area contributed by atoms with Crippen LogP contribution in [0.3, 0.4) is 0 Å². The van der Waals surface area contributed by atoms with Crippen LogP contribution in [0.1, 0.15) is 30.9 Å². The fourth-order valence-electron chi connectivity index (χ4n) is 3.47. The molecule has 0 aliphatic carbocycles. The fourth-order valence-corrected chi connectivity index (χ4v) is 3.47. The number of halogens is 1. The molecule has 6 heteroatoms. The monoisotopic (exact) mass is 356 g/mol. The smallest absolute Gasteiger partial charge is 0.322 e. The van der Waals surface area contributed by atoms with E-state index in [-0.39, 0.29) is 17.9 Å². The van der Waals surface area contributed by atoms with Gasteiger partial charge in [-0.15, -0.1) is 0 Å². The number of nitrogens with one attached hydrogen (secondary N) is 1. The van der Waals surface area contributed by atoms with Gasteiger partial charge < -0.3 is 19.7 Å². The van der Waals surface area contributed by atoms with Gasteiger partial charge in [-0.25, -0.2) is 9.18 Å². The van der Waals surface area contributed by atoms with Gasteiger partial charge in [-0.1, -0.05) is 6.07 Å². The van der Waals surface area contributed by atoms with E-state index in [1.165, 1.54) is 12.1 Å². The van der Waals surface area contributed by atoms with Gasteiger partial charge in [0.05, 0.1) is 19.3 Å². The number of rotatable bonds is 2. The molecule has 1 saturated heterocycles. The molecule has 5 nitrogen and oxygen atoms in total. The Balaban J connectivity index is 1.52. The summed E-state index contributed by atoms with van der Waals surface area (Å²) < 4.78 is 24.5. The van der Waals surface area contributed by atoms with Crippen LogP contribution in [-0.4, -0.2) is 30.7 Å². The SMILES string of the molecule is O=C(Nc1ccc(F)cc1)N1CCC[C@H]1c1ccc2c(c1)OCCCO2. The lowest BCUT2D eigenvalue weighted by atomic mass is 10.0. The molecule has 1 fully saturated rings. The first-order chi connectivity index (χ1) is 12.7. The Kier molecular flexibility index (Phi) is 4.65. The molecule has 2 aromatic carbocycles. The van der Waals surface area contributed by atoms with E-state index in [1.807, 2.05) is 23.1 Å². The lowest BCUT2D eigenvalue weighted by Gasteiger charge is -2.26. The molecule has 0 radical (unpaired) electrons. The standard InChI is InChI=1S/C20H21FN2O3/c21-15-5-7-16(8-6-15)22-20(24)23-10-1-3-17(23)14-4-9-18-19(13-14)26-12-2-11-25-18/h4-9,13,17H,1-3,10-12H2,(H,22,24)/t17-/m0/s1. The van der Waals surface area contributed by atoms with Crippen LogP contribution < -0.4 is 14.8 Å². The van der Waals surface area contributed by atoms with Crippen LogP contribution in [-0.2, 0) is 0 Å². The predicted molar refractivity (Wildman–Crippen MR) is 96.1 cm³/mol. The number of fused-ring (bicyclic) bond motifs is 1. The van der Waals surface area contributed by atoms with E-state index in [0.717, 1.165) is 36.3 Å². The second kappa shape index (κ2) is 7.23. The quantitative estimate of drug-likeness (QED) is 0.870. The van der Waals surface area contributed by atoms with Gasteiger partial charge in [0.1, 0.15) is 5.82 Å². The van der Waals surface area contributed by atoms with E-state index in [1.54, 1.807) is 12.1 Å². The van der Waals surface area contributed by atoms with E-state index in [2.05, 4.69) is 5.32 Å². The number of benzene rings is 2. The van der Waals surface area contributed by atoms with Crippen molar-refractivity contribution >= 4 is 11.7 Å². The first-order valence-electron chi connectivity index (χ1n) is 8.93. The summed E-state index contributed by atoms with van der Waals surface area (Å²) in [5, 5.41) is 2.85. The molecule has 0 saturated carbocycles. The molecule has 4 rings (SSSR count). The molecule has 1 atom stereocenters. The number of urea groups is 1. The zero-order chi connectivity index (χ0) is 17.9.